The molecule has 28 heavy (non-hydrogen) atoms. The first kappa shape index (κ1) is 18.9. The maximum absolute atomic E-state index is 9.58. The van der Waals surface area contributed by atoms with Gasteiger partial charge in [-0.3, -0.25) is 5.10 Å². The normalized spacial score (nSPS) is 14.7. The number of benzene rings is 1. The molecule has 1 atom stereocenters. The van der Waals surface area contributed by atoms with Gasteiger partial charge >= 0.3 is 0 Å². The zero-order chi connectivity index (χ0) is 19.5. The molecule has 3 N–H and O–H groups in total. The Labute approximate surface area is 172 Å². The lowest BCUT2D eigenvalue weighted by atomic mass is 10.1. The zero-order valence-electron chi connectivity index (χ0n) is 15.6. The molecule has 1 unspecified atom stereocenters. The van der Waals surface area contributed by atoms with Gasteiger partial charge < -0.3 is 15.3 Å². The first-order valence-corrected chi connectivity index (χ1v) is 10.2. The largest absolute Gasteiger partial charge is 0.395 e. The van der Waals surface area contributed by atoms with Gasteiger partial charge in [-0.1, -0.05) is 30.3 Å². The summed E-state index contributed by atoms with van der Waals surface area (Å²) in [5, 5.41) is 20.3. The number of rotatable bonds is 8. The second-order valence-corrected chi connectivity index (χ2v) is 7.83. The molecule has 1 saturated carbocycles. The van der Waals surface area contributed by atoms with E-state index in [4.69, 9.17) is 4.98 Å². The minimum Gasteiger partial charge on any atom is -0.395 e. The highest BCUT2D eigenvalue weighted by atomic mass is 79.9. The predicted molar refractivity (Wildman–Crippen MR) is 113 cm³/mol. The zero-order valence-corrected chi connectivity index (χ0v) is 17.2. The van der Waals surface area contributed by atoms with Crippen molar-refractivity contribution in [3.8, 4) is 0 Å². The lowest BCUT2D eigenvalue weighted by molar-refractivity contribution is 0.297. The van der Waals surface area contributed by atoms with E-state index < -0.39 is 0 Å². The van der Waals surface area contributed by atoms with Crippen molar-refractivity contribution in [2.45, 2.75) is 31.7 Å². The first-order valence-electron chi connectivity index (χ1n) is 9.43. The molecule has 0 saturated heterocycles. The molecule has 2 aromatic heterocycles. The summed E-state index contributed by atoms with van der Waals surface area (Å²) in [7, 11) is 0. The van der Waals surface area contributed by atoms with E-state index in [0.717, 1.165) is 21.5 Å². The summed E-state index contributed by atoms with van der Waals surface area (Å²) in [6, 6.07) is 12.2. The van der Waals surface area contributed by atoms with Crippen LogP contribution in [0.15, 0.2) is 47.1 Å². The smallest absolute Gasteiger partial charge is 0.227 e. The molecule has 3 aromatic rings. The Hall–Kier alpha value is -2.45. The lowest BCUT2D eigenvalue weighted by Gasteiger charge is -2.29. The third kappa shape index (κ3) is 4.18. The van der Waals surface area contributed by atoms with Crippen molar-refractivity contribution < 1.29 is 5.11 Å². The molecule has 0 amide bonds. The van der Waals surface area contributed by atoms with Gasteiger partial charge in [0.15, 0.2) is 11.6 Å². The van der Waals surface area contributed by atoms with Crippen LogP contribution in [0.4, 0.5) is 17.6 Å². The fraction of sp³-hybridized carbons (Fsp3) is 0.350. The minimum absolute atomic E-state index is 0.0173. The summed E-state index contributed by atoms with van der Waals surface area (Å²) >= 11 is 3.51. The van der Waals surface area contributed by atoms with Gasteiger partial charge in [-0.15, -0.1) is 0 Å². The molecule has 0 spiro atoms. The Balaban J connectivity index is 1.59. The highest BCUT2D eigenvalue weighted by Gasteiger charge is 2.26. The van der Waals surface area contributed by atoms with Crippen LogP contribution in [0.2, 0.25) is 0 Å². The minimum atomic E-state index is 0.0173. The molecule has 1 aliphatic carbocycles. The number of halogens is 1. The number of aliphatic hydroxyl groups is 1. The summed E-state index contributed by atoms with van der Waals surface area (Å²) in [4.78, 5) is 11.2. The maximum Gasteiger partial charge on any atom is 0.227 e. The van der Waals surface area contributed by atoms with Crippen LogP contribution in [0.1, 0.15) is 43.0 Å². The van der Waals surface area contributed by atoms with Crippen LogP contribution in [-0.4, -0.2) is 38.4 Å². The number of aliphatic hydroxyl groups excluding tert-OH is 1. The van der Waals surface area contributed by atoms with Crippen LogP contribution < -0.4 is 10.2 Å². The van der Waals surface area contributed by atoms with Crippen LogP contribution in [0.3, 0.4) is 0 Å². The number of aromatic amines is 1. The van der Waals surface area contributed by atoms with Crippen molar-refractivity contribution in [2.75, 3.05) is 23.4 Å². The number of hydrogen-bond donors (Lipinski definition) is 3. The number of anilines is 3. The quantitative estimate of drug-likeness (QED) is 0.485. The van der Waals surface area contributed by atoms with E-state index in [1.807, 2.05) is 29.2 Å². The molecular weight excluding hydrogens is 420 g/mol. The molecule has 4 rings (SSSR count). The number of nitrogens with one attached hydrogen (secondary N) is 2. The van der Waals surface area contributed by atoms with Gasteiger partial charge in [0.1, 0.15) is 0 Å². The van der Waals surface area contributed by atoms with E-state index in [0.29, 0.717) is 24.2 Å². The van der Waals surface area contributed by atoms with Gasteiger partial charge in [-0.25, -0.2) is 4.98 Å². The van der Waals surface area contributed by atoms with Crippen LogP contribution in [0.25, 0.3) is 0 Å². The lowest BCUT2D eigenvalue weighted by Crippen LogP contribution is -2.31. The average Bonchev–Trinajstić information content (AvgIpc) is 3.47. The number of H-pyrrole nitrogens is 1. The first-order chi connectivity index (χ1) is 13.7. The number of nitrogens with zero attached hydrogens (tertiary/aromatic N) is 4. The molecular formula is C20H23BrN6O. The highest BCUT2D eigenvalue weighted by molar-refractivity contribution is 9.10. The Morgan fingerprint density at radius 1 is 1.32 bits per heavy atom. The van der Waals surface area contributed by atoms with Crippen LogP contribution in [0.5, 0.6) is 0 Å². The van der Waals surface area contributed by atoms with Crippen molar-refractivity contribution in [3.63, 3.8) is 0 Å². The van der Waals surface area contributed by atoms with Crippen LogP contribution in [-0.2, 0) is 0 Å². The van der Waals surface area contributed by atoms with E-state index in [9.17, 15) is 5.11 Å². The molecule has 0 aliphatic heterocycles. The van der Waals surface area contributed by atoms with E-state index in [2.05, 4.69) is 55.5 Å². The Morgan fingerprint density at radius 2 is 2.11 bits per heavy atom. The third-order valence-electron chi connectivity index (χ3n) is 4.94. The molecule has 8 heteroatoms. The number of aromatic nitrogens is 4. The third-order valence-corrected chi connectivity index (χ3v) is 5.52. The predicted octanol–water partition coefficient (Wildman–Crippen LogP) is 4.14. The topological polar surface area (TPSA) is 90.0 Å². The van der Waals surface area contributed by atoms with E-state index in [1.165, 1.54) is 12.8 Å². The fourth-order valence-corrected chi connectivity index (χ4v) is 3.49. The average molecular weight is 443 g/mol. The summed E-state index contributed by atoms with van der Waals surface area (Å²) in [6.07, 6.45) is 4.16. The molecule has 1 aliphatic rings. The Kier molecular flexibility index (Phi) is 5.59. The number of hydrogen-bond acceptors (Lipinski definition) is 6. The Morgan fingerprint density at radius 3 is 2.82 bits per heavy atom. The van der Waals surface area contributed by atoms with Gasteiger partial charge in [-0.05, 0) is 41.3 Å². The van der Waals surface area contributed by atoms with Crippen molar-refractivity contribution in [2.24, 2.45) is 0 Å². The molecule has 146 valence electrons. The van der Waals surface area contributed by atoms with E-state index in [-0.39, 0.29) is 12.6 Å². The monoisotopic (exact) mass is 442 g/mol. The van der Waals surface area contributed by atoms with Crippen molar-refractivity contribution in [1.29, 1.82) is 0 Å². The molecule has 1 aromatic carbocycles. The fourth-order valence-electron chi connectivity index (χ4n) is 3.20. The summed E-state index contributed by atoms with van der Waals surface area (Å²) in [5.74, 6) is 2.53. The van der Waals surface area contributed by atoms with Gasteiger partial charge in [0.05, 0.1) is 17.1 Å². The molecule has 7 nitrogen and oxygen atoms in total. The molecule has 2 heterocycles. The van der Waals surface area contributed by atoms with Crippen molar-refractivity contribution in [3.05, 3.63) is 58.3 Å². The Bertz CT molecular complexity index is 927. The van der Waals surface area contributed by atoms with Crippen molar-refractivity contribution >= 4 is 33.5 Å². The van der Waals surface area contributed by atoms with Gasteiger partial charge in [-0.2, -0.15) is 10.1 Å². The van der Waals surface area contributed by atoms with Crippen LogP contribution in [0, 0.1) is 0 Å². The van der Waals surface area contributed by atoms with Crippen molar-refractivity contribution in [1.82, 2.24) is 20.2 Å². The van der Waals surface area contributed by atoms with Gasteiger partial charge in [0.2, 0.25) is 5.95 Å². The van der Waals surface area contributed by atoms with Gasteiger partial charge in [0.25, 0.3) is 0 Å². The van der Waals surface area contributed by atoms with Gasteiger partial charge in [0, 0.05) is 30.4 Å². The maximum atomic E-state index is 9.58. The van der Waals surface area contributed by atoms with E-state index >= 15 is 0 Å². The second-order valence-electron chi connectivity index (χ2n) is 6.98. The SMILES string of the molecule is CC(c1ccccc1)N(CCO)c1ncc(Br)c(Nc2cc(C3CC3)[nH]n2)n1. The highest BCUT2D eigenvalue weighted by Crippen LogP contribution is 2.40. The standard InChI is InChI=1S/C20H23BrN6O/c1-13(14-5-3-2-4-6-14)27(9-10-28)20-22-12-16(21)19(24-20)23-18-11-17(25-26-18)15-7-8-15/h2-6,11-13,15,28H,7-10H2,1H3,(H2,22,23,24,25,26). The van der Waals surface area contributed by atoms with Crippen LogP contribution >= 0.6 is 15.9 Å². The molecule has 0 radical (unpaired) electrons. The summed E-state index contributed by atoms with van der Waals surface area (Å²) < 4.78 is 0.753. The molecule has 0 bridgehead atoms. The summed E-state index contributed by atoms with van der Waals surface area (Å²) in [6.45, 7) is 2.54. The second kappa shape index (κ2) is 8.28. The molecule has 1 fully saturated rings. The summed E-state index contributed by atoms with van der Waals surface area (Å²) in [5.41, 5.74) is 2.30. The van der Waals surface area contributed by atoms with E-state index in [1.54, 1.807) is 6.20 Å².